The van der Waals surface area contributed by atoms with Gasteiger partial charge in [0.05, 0.1) is 22.8 Å². The molecule has 1 heterocycles. The molecule has 1 aromatic carbocycles. The van der Waals surface area contributed by atoms with E-state index in [4.69, 9.17) is 4.74 Å². The molecule has 0 unspecified atom stereocenters. The van der Waals surface area contributed by atoms with Crippen LogP contribution in [0.2, 0.25) is 0 Å². The van der Waals surface area contributed by atoms with Gasteiger partial charge in [-0.05, 0) is 44.4 Å². The third kappa shape index (κ3) is 3.84. The number of nitrogens with zero attached hydrogens (tertiary/aromatic N) is 2. The molecule has 7 heteroatoms. The van der Waals surface area contributed by atoms with Crippen LogP contribution in [0.15, 0.2) is 23.1 Å². The Morgan fingerprint density at radius 2 is 1.87 bits per heavy atom. The molecule has 1 fully saturated rings. The lowest BCUT2D eigenvalue weighted by Crippen LogP contribution is -2.31. The van der Waals surface area contributed by atoms with Gasteiger partial charge in [-0.25, -0.2) is 17.5 Å². The summed E-state index contributed by atoms with van der Waals surface area (Å²) in [5, 5.41) is 0. The van der Waals surface area contributed by atoms with E-state index in [2.05, 4.69) is 4.90 Å². The summed E-state index contributed by atoms with van der Waals surface area (Å²) < 4.78 is 30.9. The normalized spacial score (nSPS) is 15.7. The van der Waals surface area contributed by atoms with Crippen LogP contribution in [-0.4, -0.2) is 52.5 Å². The predicted octanol–water partition coefficient (Wildman–Crippen LogP) is 2.10. The first-order valence-electron chi connectivity index (χ1n) is 7.86. The molecule has 0 saturated carbocycles. The third-order valence-corrected chi connectivity index (χ3v) is 5.75. The Balaban J connectivity index is 2.48. The highest BCUT2D eigenvalue weighted by Gasteiger charge is 2.24. The summed E-state index contributed by atoms with van der Waals surface area (Å²) in [7, 11) is -0.648. The van der Waals surface area contributed by atoms with Crippen LogP contribution in [0.5, 0.6) is 0 Å². The van der Waals surface area contributed by atoms with Crippen molar-refractivity contribution >= 4 is 21.7 Å². The zero-order chi connectivity index (χ0) is 17.0. The van der Waals surface area contributed by atoms with Crippen LogP contribution in [0.25, 0.3) is 0 Å². The SMILES string of the molecule is CCOC(=O)c1cc(S(=O)(=O)N(C)C)ccc1N1CCCCC1. The number of benzene rings is 1. The van der Waals surface area contributed by atoms with Gasteiger partial charge in [-0.15, -0.1) is 0 Å². The van der Waals surface area contributed by atoms with Crippen molar-refractivity contribution in [1.29, 1.82) is 0 Å². The van der Waals surface area contributed by atoms with E-state index in [9.17, 15) is 13.2 Å². The minimum absolute atomic E-state index is 0.103. The van der Waals surface area contributed by atoms with Gasteiger partial charge in [0, 0.05) is 27.2 Å². The van der Waals surface area contributed by atoms with E-state index < -0.39 is 16.0 Å². The fourth-order valence-corrected chi connectivity index (χ4v) is 3.60. The van der Waals surface area contributed by atoms with Crippen molar-refractivity contribution in [2.45, 2.75) is 31.1 Å². The van der Waals surface area contributed by atoms with Gasteiger partial charge in [0.1, 0.15) is 0 Å². The number of anilines is 1. The van der Waals surface area contributed by atoms with Gasteiger partial charge in [0.25, 0.3) is 0 Å². The van der Waals surface area contributed by atoms with Crippen LogP contribution in [0.1, 0.15) is 36.5 Å². The average molecular weight is 340 g/mol. The van der Waals surface area contributed by atoms with Gasteiger partial charge in [-0.3, -0.25) is 0 Å². The molecule has 0 bridgehead atoms. The van der Waals surface area contributed by atoms with E-state index in [-0.39, 0.29) is 11.5 Å². The lowest BCUT2D eigenvalue weighted by molar-refractivity contribution is 0.0526. The van der Waals surface area contributed by atoms with Gasteiger partial charge in [-0.2, -0.15) is 0 Å². The maximum atomic E-state index is 12.3. The van der Waals surface area contributed by atoms with Crippen molar-refractivity contribution in [3.05, 3.63) is 23.8 Å². The van der Waals surface area contributed by atoms with Crippen LogP contribution in [0.4, 0.5) is 5.69 Å². The number of sulfonamides is 1. The zero-order valence-corrected chi connectivity index (χ0v) is 14.7. The molecule has 0 aromatic heterocycles. The van der Waals surface area contributed by atoms with E-state index in [0.29, 0.717) is 5.56 Å². The second-order valence-corrected chi connectivity index (χ2v) is 7.89. The second-order valence-electron chi connectivity index (χ2n) is 5.73. The maximum Gasteiger partial charge on any atom is 0.340 e. The summed E-state index contributed by atoms with van der Waals surface area (Å²) in [6.07, 6.45) is 3.32. The first-order valence-corrected chi connectivity index (χ1v) is 9.30. The molecule has 1 saturated heterocycles. The van der Waals surface area contributed by atoms with Crippen molar-refractivity contribution in [2.75, 3.05) is 38.7 Å². The number of rotatable bonds is 5. The molecule has 0 radical (unpaired) electrons. The highest BCUT2D eigenvalue weighted by Crippen LogP contribution is 2.28. The van der Waals surface area contributed by atoms with E-state index in [1.54, 1.807) is 19.1 Å². The summed E-state index contributed by atoms with van der Waals surface area (Å²) >= 11 is 0. The van der Waals surface area contributed by atoms with Gasteiger partial charge >= 0.3 is 5.97 Å². The monoisotopic (exact) mass is 340 g/mol. The van der Waals surface area contributed by atoms with Crippen LogP contribution in [0.3, 0.4) is 0 Å². The molecule has 0 amide bonds. The lowest BCUT2D eigenvalue weighted by Gasteiger charge is -2.30. The first kappa shape index (κ1) is 17.7. The lowest BCUT2D eigenvalue weighted by atomic mass is 10.1. The number of carbonyl (C=O) groups excluding carboxylic acids is 1. The number of hydrogen-bond donors (Lipinski definition) is 0. The topological polar surface area (TPSA) is 66.9 Å². The van der Waals surface area contributed by atoms with Crippen molar-refractivity contribution in [2.24, 2.45) is 0 Å². The number of esters is 1. The predicted molar refractivity (Wildman–Crippen MR) is 89.3 cm³/mol. The van der Waals surface area contributed by atoms with Crippen LogP contribution >= 0.6 is 0 Å². The highest BCUT2D eigenvalue weighted by atomic mass is 32.2. The summed E-state index contributed by atoms with van der Waals surface area (Å²) in [5.41, 5.74) is 1.07. The molecule has 23 heavy (non-hydrogen) atoms. The molecule has 2 rings (SSSR count). The van der Waals surface area contributed by atoms with E-state index >= 15 is 0 Å². The first-order chi connectivity index (χ1) is 10.9. The fourth-order valence-electron chi connectivity index (χ4n) is 2.67. The van der Waals surface area contributed by atoms with Crippen molar-refractivity contribution < 1.29 is 17.9 Å². The van der Waals surface area contributed by atoms with E-state index in [1.807, 2.05) is 0 Å². The molecular formula is C16H24N2O4S. The Bertz CT molecular complexity index is 665. The Hall–Kier alpha value is -1.60. The highest BCUT2D eigenvalue weighted by molar-refractivity contribution is 7.89. The number of ether oxygens (including phenoxy) is 1. The van der Waals surface area contributed by atoms with Gasteiger partial charge < -0.3 is 9.64 Å². The quantitative estimate of drug-likeness (QED) is 0.768. The molecule has 0 atom stereocenters. The maximum absolute atomic E-state index is 12.3. The van der Waals surface area contributed by atoms with Crippen molar-refractivity contribution in [3.8, 4) is 0 Å². The molecular weight excluding hydrogens is 316 g/mol. The summed E-state index contributed by atoms with van der Waals surface area (Å²) in [5.74, 6) is -0.483. The van der Waals surface area contributed by atoms with E-state index in [0.717, 1.165) is 35.9 Å². The average Bonchev–Trinajstić information content (AvgIpc) is 2.55. The molecule has 1 aliphatic rings. The summed E-state index contributed by atoms with van der Waals surface area (Å²) in [4.78, 5) is 14.5. The zero-order valence-electron chi connectivity index (χ0n) is 13.9. The second kappa shape index (κ2) is 7.31. The number of piperidine rings is 1. The van der Waals surface area contributed by atoms with Crippen LogP contribution in [0, 0.1) is 0 Å². The standard InChI is InChI=1S/C16H24N2O4S/c1-4-22-16(19)14-12-13(23(20,21)17(2)3)8-9-15(14)18-10-6-5-7-11-18/h8-9,12H,4-7,10-11H2,1-3H3. The van der Waals surface area contributed by atoms with Gasteiger partial charge in [0.15, 0.2) is 0 Å². The van der Waals surface area contributed by atoms with Crippen LogP contribution < -0.4 is 4.90 Å². The molecule has 128 valence electrons. The number of carbonyl (C=O) groups is 1. The Morgan fingerprint density at radius 1 is 1.22 bits per heavy atom. The minimum atomic E-state index is -3.59. The van der Waals surface area contributed by atoms with Crippen LogP contribution in [-0.2, 0) is 14.8 Å². The minimum Gasteiger partial charge on any atom is -0.462 e. The smallest absolute Gasteiger partial charge is 0.340 e. The van der Waals surface area contributed by atoms with Gasteiger partial charge in [0.2, 0.25) is 10.0 Å². The molecule has 6 nitrogen and oxygen atoms in total. The third-order valence-electron chi connectivity index (χ3n) is 3.94. The van der Waals surface area contributed by atoms with Gasteiger partial charge in [-0.1, -0.05) is 0 Å². The summed E-state index contributed by atoms with van der Waals surface area (Å²) in [6.45, 7) is 3.72. The molecule has 0 spiro atoms. The number of hydrogen-bond acceptors (Lipinski definition) is 5. The molecule has 1 aromatic rings. The molecule has 0 aliphatic carbocycles. The summed E-state index contributed by atoms with van der Waals surface area (Å²) in [6, 6.07) is 4.70. The Kier molecular flexibility index (Phi) is 5.64. The Labute approximate surface area is 138 Å². The molecule has 1 aliphatic heterocycles. The van der Waals surface area contributed by atoms with Crippen molar-refractivity contribution in [1.82, 2.24) is 4.31 Å². The fraction of sp³-hybridized carbons (Fsp3) is 0.562. The molecule has 0 N–H and O–H groups in total. The largest absolute Gasteiger partial charge is 0.462 e. The Morgan fingerprint density at radius 3 is 2.43 bits per heavy atom. The van der Waals surface area contributed by atoms with Crippen molar-refractivity contribution in [3.63, 3.8) is 0 Å². The van der Waals surface area contributed by atoms with E-state index in [1.165, 1.54) is 26.6 Å².